The topological polar surface area (TPSA) is 70.5 Å². The largest absolute Gasteiger partial charge is 0.370 e. The van der Waals surface area contributed by atoms with Gasteiger partial charge in [0.25, 0.3) is 0 Å². The van der Waals surface area contributed by atoms with E-state index in [2.05, 4.69) is 20.3 Å². The molecule has 0 unspecified atom stereocenters. The van der Waals surface area contributed by atoms with Crippen LogP contribution in [0.15, 0.2) is 35.6 Å². The van der Waals surface area contributed by atoms with Gasteiger partial charge in [-0.1, -0.05) is 6.07 Å². The van der Waals surface area contributed by atoms with Crippen LogP contribution in [0.4, 0.5) is 5.82 Å². The second-order valence-corrected chi connectivity index (χ2v) is 6.62. The van der Waals surface area contributed by atoms with E-state index in [1.165, 1.54) is 0 Å². The molecule has 1 aliphatic heterocycles. The number of amidine groups is 1. The second kappa shape index (κ2) is 8.08. The molecule has 0 fully saturated rings. The number of hydrogen-bond donors (Lipinski definition) is 1. The lowest BCUT2D eigenvalue weighted by atomic mass is 10.0. The number of nitrogens with zero attached hydrogens (tertiary/aromatic N) is 4. The number of ketones is 1. The molecule has 0 amide bonds. The van der Waals surface area contributed by atoms with Crippen LogP contribution >= 0.6 is 0 Å². The van der Waals surface area contributed by atoms with Gasteiger partial charge in [-0.05, 0) is 36.6 Å². The molecule has 1 N–H and O–H groups in total. The van der Waals surface area contributed by atoms with Gasteiger partial charge in [-0.25, -0.2) is 4.98 Å². The van der Waals surface area contributed by atoms with Crippen molar-refractivity contribution in [3.8, 4) is 0 Å². The molecule has 0 radical (unpaired) electrons. The first-order valence-corrected chi connectivity index (χ1v) is 8.98. The van der Waals surface area contributed by atoms with Gasteiger partial charge >= 0.3 is 0 Å². The zero-order valence-corrected chi connectivity index (χ0v) is 15.6. The smallest absolute Gasteiger partial charge is 0.139 e. The Morgan fingerprint density at radius 1 is 1.31 bits per heavy atom. The van der Waals surface area contributed by atoms with E-state index < -0.39 is 0 Å². The molecule has 0 atom stereocenters. The highest BCUT2D eigenvalue weighted by Crippen LogP contribution is 2.19. The number of anilines is 1. The maximum atomic E-state index is 12.4. The third-order valence-corrected chi connectivity index (χ3v) is 4.40. The van der Waals surface area contributed by atoms with E-state index in [4.69, 9.17) is 0 Å². The number of Topliss-reactive ketones (excluding diaryl/α,β-unsaturated/α-hetero) is 1. The molecule has 2 aromatic heterocycles. The van der Waals surface area contributed by atoms with Gasteiger partial charge in [0.1, 0.15) is 17.4 Å². The lowest BCUT2D eigenvalue weighted by Crippen LogP contribution is -2.22. The zero-order valence-electron chi connectivity index (χ0n) is 15.6. The molecule has 0 aliphatic carbocycles. The predicted octanol–water partition coefficient (Wildman–Crippen LogP) is 2.16. The summed E-state index contributed by atoms with van der Waals surface area (Å²) in [5.74, 6) is 2.02. The number of fused-ring (bicyclic) bond motifs is 1. The molecule has 1 aliphatic rings. The summed E-state index contributed by atoms with van der Waals surface area (Å²) in [6.45, 7) is 3.54. The highest BCUT2D eigenvalue weighted by atomic mass is 16.1. The SMILES string of the molecule is CCNC1=NCc2cc(CC(=O)CCc3cccnc3N(C)C)ncc21. The Morgan fingerprint density at radius 2 is 2.15 bits per heavy atom. The first-order valence-electron chi connectivity index (χ1n) is 8.98. The van der Waals surface area contributed by atoms with E-state index >= 15 is 0 Å². The van der Waals surface area contributed by atoms with Crippen LogP contribution in [-0.4, -0.2) is 42.2 Å². The van der Waals surface area contributed by atoms with E-state index in [0.717, 1.165) is 40.6 Å². The molecule has 136 valence electrons. The number of pyridine rings is 2. The highest BCUT2D eigenvalue weighted by Gasteiger charge is 2.17. The van der Waals surface area contributed by atoms with E-state index in [9.17, 15) is 4.79 Å². The summed E-state index contributed by atoms with van der Waals surface area (Å²) in [5, 5.41) is 3.25. The number of carbonyl (C=O) groups is 1. The van der Waals surface area contributed by atoms with Gasteiger partial charge in [-0.3, -0.25) is 14.8 Å². The van der Waals surface area contributed by atoms with Crippen LogP contribution in [0.25, 0.3) is 0 Å². The van der Waals surface area contributed by atoms with Crippen molar-refractivity contribution in [2.24, 2.45) is 4.99 Å². The van der Waals surface area contributed by atoms with Crippen molar-refractivity contribution in [3.05, 3.63) is 53.0 Å². The van der Waals surface area contributed by atoms with Gasteiger partial charge in [0.15, 0.2) is 0 Å². The second-order valence-electron chi connectivity index (χ2n) is 6.62. The number of aryl methyl sites for hydroxylation is 1. The molecule has 0 saturated heterocycles. The molecule has 26 heavy (non-hydrogen) atoms. The van der Waals surface area contributed by atoms with Crippen LogP contribution in [0.5, 0.6) is 0 Å². The summed E-state index contributed by atoms with van der Waals surface area (Å²) in [5.41, 5.74) is 4.10. The number of aliphatic imine (C=N–C) groups is 1. The number of hydrogen-bond acceptors (Lipinski definition) is 6. The number of aromatic nitrogens is 2. The lowest BCUT2D eigenvalue weighted by molar-refractivity contribution is -0.118. The van der Waals surface area contributed by atoms with Gasteiger partial charge in [-0.2, -0.15) is 0 Å². The van der Waals surface area contributed by atoms with E-state index in [1.807, 2.05) is 50.3 Å². The Hall–Kier alpha value is -2.76. The summed E-state index contributed by atoms with van der Waals surface area (Å²) in [6, 6.07) is 5.95. The predicted molar refractivity (Wildman–Crippen MR) is 104 cm³/mol. The van der Waals surface area contributed by atoms with Crippen LogP contribution in [0, 0.1) is 0 Å². The fourth-order valence-corrected chi connectivity index (χ4v) is 3.15. The Morgan fingerprint density at radius 3 is 2.92 bits per heavy atom. The van der Waals surface area contributed by atoms with E-state index in [-0.39, 0.29) is 5.78 Å². The number of nitrogens with one attached hydrogen (secondary N) is 1. The van der Waals surface area contributed by atoms with Crippen molar-refractivity contribution in [1.82, 2.24) is 15.3 Å². The monoisotopic (exact) mass is 351 g/mol. The molecule has 0 saturated carbocycles. The Labute approximate surface area is 154 Å². The van der Waals surface area contributed by atoms with Crippen LogP contribution in [0.2, 0.25) is 0 Å². The van der Waals surface area contributed by atoms with Crippen molar-refractivity contribution < 1.29 is 4.79 Å². The zero-order chi connectivity index (χ0) is 18.5. The fourth-order valence-electron chi connectivity index (χ4n) is 3.15. The third-order valence-electron chi connectivity index (χ3n) is 4.40. The first-order chi connectivity index (χ1) is 12.6. The molecule has 3 rings (SSSR count). The van der Waals surface area contributed by atoms with Crippen molar-refractivity contribution in [2.45, 2.75) is 32.7 Å². The highest BCUT2D eigenvalue weighted by molar-refractivity contribution is 6.01. The van der Waals surface area contributed by atoms with Crippen molar-refractivity contribution in [1.29, 1.82) is 0 Å². The molecule has 3 heterocycles. The van der Waals surface area contributed by atoms with Gasteiger partial charge in [0.05, 0.1) is 6.54 Å². The normalized spacial score (nSPS) is 12.5. The van der Waals surface area contributed by atoms with Crippen LogP contribution < -0.4 is 10.2 Å². The number of rotatable bonds is 7. The summed E-state index contributed by atoms with van der Waals surface area (Å²) in [7, 11) is 3.93. The summed E-state index contributed by atoms with van der Waals surface area (Å²) >= 11 is 0. The minimum atomic E-state index is 0.192. The lowest BCUT2D eigenvalue weighted by Gasteiger charge is -2.15. The van der Waals surface area contributed by atoms with Crippen LogP contribution in [-0.2, 0) is 24.2 Å². The Balaban J connectivity index is 1.60. The fraction of sp³-hybridized carbons (Fsp3) is 0.400. The minimum absolute atomic E-state index is 0.192. The standard InChI is InChI=1S/C20H25N5O/c1-4-21-19-18-13-23-16(10-15(18)12-24-19)11-17(26)8-7-14-6-5-9-22-20(14)25(2)3/h5-6,9-10,13H,4,7-8,11-12H2,1-3H3,(H,21,24). The quantitative estimate of drug-likeness (QED) is 0.828. The van der Waals surface area contributed by atoms with Crippen molar-refractivity contribution >= 4 is 17.4 Å². The first kappa shape index (κ1) is 18.0. The maximum absolute atomic E-state index is 12.4. The van der Waals surface area contributed by atoms with Crippen molar-refractivity contribution in [2.75, 3.05) is 25.5 Å². The average molecular weight is 351 g/mol. The van der Waals surface area contributed by atoms with E-state index in [1.54, 1.807) is 6.20 Å². The minimum Gasteiger partial charge on any atom is -0.370 e. The molecule has 6 nitrogen and oxygen atoms in total. The Kier molecular flexibility index (Phi) is 5.61. The summed E-state index contributed by atoms with van der Waals surface area (Å²) < 4.78 is 0. The van der Waals surface area contributed by atoms with Crippen molar-refractivity contribution in [3.63, 3.8) is 0 Å². The maximum Gasteiger partial charge on any atom is 0.139 e. The summed E-state index contributed by atoms with van der Waals surface area (Å²) in [4.78, 5) is 27.7. The molecule has 2 aromatic rings. The molecule has 0 bridgehead atoms. The van der Waals surface area contributed by atoms with Crippen LogP contribution in [0.3, 0.4) is 0 Å². The third kappa shape index (κ3) is 4.07. The van der Waals surface area contributed by atoms with Gasteiger partial charge in [-0.15, -0.1) is 0 Å². The number of carbonyl (C=O) groups excluding carboxylic acids is 1. The molecular formula is C20H25N5O. The molecular weight excluding hydrogens is 326 g/mol. The Bertz CT molecular complexity index is 829. The molecule has 0 spiro atoms. The van der Waals surface area contributed by atoms with Gasteiger partial charge in [0.2, 0.25) is 0 Å². The average Bonchev–Trinajstić information content (AvgIpc) is 3.03. The van der Waals surface area contributed by atoms with Gasteiger partial charge in [0, 0.05) is 57.1 Å². The molecule has 6 heteroatoms. The van der Waals surface area contributed by atoms with Crippen LogP contribution in [0.1, 0.15) is 35.7 Å². The van der Waals surface area contributed by atoms with Gasteiger partial charge < -0.3 is 10.2 Å². The van der Waals surface area contributed by atoms with E-state index in [0.29, 0.717) is 25.8 Å². The molecule has 0 aromatic carbocycles. The summed E-state index contributed by atoms with van der Waals surface area (Å²) in [6.07, 6.45) is 5.15.